The third-order valence-corrected chi connectivity index (χ3v) is 3.31. The molecule has 1 saturated carbocycles. The van der Waals surface area contributed by atoms with E-state index in [1.54, 1.807) is 12.3 Å². The van der Waals surface area contributed by atoms with Crippen LogP contribution in [0.1, 0.15) is 39.5 Å². The number of carbonyl (C=O) groups excluding carboxylic acids is 1. The van der Waals surface area contributed by atoms with Crippen LogP contribution in [-0.4, -0.2) is 35.9 Å². The minimum Gasteiger partial charge on any atom is -0.472 e. The first-order valence-corrected chi connectivity index (χ1v) is 7.85. The first-order valence-electron chi connectivity index (χ1n) is 7.85. The van der Waals surface area contributed by atoms with Crippen molar-refractivity contribution in [2.45, 2.75) is 58.0 Å². The number of urea groups is 1. The van der Waals surface area contributed by atoms with E-state index in [-0.39, 0.29) is 25.0 Å². The van der Waals surface area contributed by atoms with Crippen molar-refractivity contribution in [3.05, 3.63) is 29.0 Å². The van der Waals surface area contributed by atoms with Gasteiger partial charge in [-0.05, 0) is 25.0 Å². The SMILES string of the molecule is CCC.O=NCC1=CCC(N2C=CC(NC3CC3)NC2=O)O1. The van der Waals surface area contributed by atoms with Gasteiger partial charge in [-0.25, -0.2) is 4.79 Å². The molecular formula is C15H24N4O3. The molecule has 0 spiro atoms. The number of carbonyl (C=O) groups is 1. The van der Waals surface area contributed by atoms with E-state index >= 15 is 0 Å². The number of nitroso groups, excluding NO2 is 1. The Balaban J connectivity index is 0.000000545. The van der Waals surface area contributed by atoms with Crippen LogP contribution in [0.25, 0.3) is 0 Å². The minimum absolute atomic E-state index is 0.0154. The molecule has 0 saturated heterocycles. The number of hydrogen-bond acceptors (Lipinski definition) is 5. The Morgan fingerprint density at radius 1 is 1.45 bits per heavy atom. The molecule has 2 N–H and O–H groups in total. The summed E-state index contributed by atoms with van der Waals surface area (Å²) in [5.74, 6) is 0.527. The van der Waals surface area contributed by atoms with Crippen molar-refractivity contribution < 1.29 is 9.53 Å². The molecule has 2 unspecified atom stereocenters. The number of nitrogens with zero attached hydrogens (tertiary/aromatic N) is 2. The maximum absolute atomic E-state index is 12.0. The molecule has 0 aromatic carbocycles. The van der Waals surface area contributed by atoms with Crippen LogP contribution in [0.15, 0.2) is 29.3 Å². The summed E-state index contributed by atoms with van der Waals surface area (Å²) < 4.78 is 5.50. The molecule has 2 amide bonds. The van der Waals surface area contributed by atoms with E-state index in [9.17, 15) is 9.70 Å². The van der Waals surface area contributed by atoms with Crippen LogP contribution in [0.4, 0.5) is 4.79 Å². The maximum atomic E-state index is 12.0. The number of nitrogens with one attached hydrogen (secondary N) is 2. The summed E-state index contributed by atoms with van der Waals surface area (Å²) in [6.45, 7) is 4.27. The fraction of sp³-hybridized carbons (Fsp3) is 0.667. The van der Waals surface area contributed by atoms with Gasteiger partial charge < -0.3 is 10.1 Å². The van der Waals surface area contributed by atoms with E-state index in [0.717, 1.165) is 0 Å². The Labute approximate surface area is 130 Å². The van der Waals surface area contributed by atoms with Gasteiger partial charge in [0.25, 0.3) is 0 Å². The third kappa shape index (κ3) is 4.56. The van der Waals surface area contributed by atoms with Gasteiger partial charge in [-0.15, -0.1) is 0 Å². The molecule has 3 rings (SSSR count). The average molecular weight is 308 g/mol. The lowest BCUT2D eigenvalue weighted by Gasteiger charge is -2.31. The van der Waals surface area contributed by atoms with Crippen molar-refractivity contribution in [1.29, 1.82) is 0 Å². The van der Waals surface area contributed by atoms with Crippen LogP contribution in [0, 0.1) is 4.91 Å². The summed E-state index contributed by atoms with van der Waals surface area (Å²) in [6.07, 6.45) is 9.10. The van der Waals surface area contributed by atoms with E-state index in [2.05, 4.69) is 29.7 Å². The van der Waals surface area contributed by atoms with E-state index < -0.39 is 0 Å². The zero-order valence-electron chi connectivity index (χ0n) is 13.1. The highest BCUT2D eigenvalue weighted by molar-refractivity contribution is 5.77. The molecule has 22 heavy (non-hydrogen) atoms. The lowest BCUT2D eigenvalue weighted by Crippen LogP contribution is -2.54. The molecule has 122 valence electrons. The van der Waals surface area contributed by atoms with Crippen LogP contribution < -0.4 is 10.6 Å². The van der Waals surface area contributed by atoms with E-state index in [1.807, 2.05) is 6.08 Å². The summed E-state index contributed by atoms with van der Waals surface area (Å²) >= 11 is 0. The zero-order valence-corrected chi connectivity index (χ0v) is 13.1. The predicted octanol–water partition coefficient (Wildman–Crippen LogP) is 2.42. The van der Waals surface area contributed by atoms with Crippen LogP contribution in [0.3, 0.4) is 0 Å². The highest BCUT2D eigenvalue weighted by Gasteiger charge is 2.32. The maximum Gasteiger partial charge on any atom is 0.325 e. The topological polar surface area (TPSA) is 83.0 Å². The van der Waals surface area contributed by atoms with Crippen molar-refractivity contribution in [2.24, 2.45) is 5.18 Å². The molecule has 0 aromatic rings. The largest absolute Gasteiger partial charge is 0.472 e. The second kappa shape index (κ2) is 7.93. The van der Waals surface area contributed by atoms with Crippen molar-refractivity contribution in [1.82, 2.24) is 15.5 Å². The van der Waals surface area contributed by atoms with Crippen molar-refractivity contribution in [3.8, 4) is 0 Å². The van der Waals surface area contributed by atoms with Crippen LogP contribution in [0.5, 0.6) is 0 Å². The van der Waals surface area contributed by atoms with Gasteiger partial charge in [0.2, 0.25) is 0 Å². The number of hydrogen-bond donors (Lipinski definition) is 2. The zero-order chi connectivity index (χ0) is 15.9. The molecular weight excluding hydrogens is 284 g/mol. The van der Waals surface area contributed by atoms with Gasteiger partial charge in [0.05, 0.1) is 0 Å². The summed E-state index contributed by atoms with van der Waals surface area (Å²) in [4.78, 5) is 23.7. The Kier molecular flexibility index (Phi) is 5.94. The number of ether oxygens (including phenoxy) is 1. The van der Waals surface area contributed by atoms with Crippen molar-refractivity contribution in [2.75, 3.05) is 6.54 Å². The standard InChI is InChI=1S/C12H16N4O3.C3H8/c17-12-15-10(14-8-1-2-8)5-6-16(12)11-4-3-9(19-11)7-13-18;1-3-2/h3,5-6,8,10-11,14H,1-2,4,7H2,(H,15,17);3H2,1-2H3. The fourth-order valence-corrected chi connectivity index (χ4v) is 2.17. The van der Waals surface area contributed by atoms with Gasteiger partial charge in [-0.2, -0.15) is 4.91 Å². The highest BCUT2D eigenvalue weighted by Crippen LogP contribution is 2.23. The Hall–Kier alpha value is -1.89. The molecule has 0 aromatic heterocycles. The van der Waals surface area contributed by atoms with Gasteiger partial charge in [-0.1, -0.05) is 25.4 Å². The monoisotopic (exact) mass is 308 g/mol. The van der Waals surface area contributed by atoms with Gasteiger partial charge in [0.15, 0.2) is 6.23 Å². The van der Waals surface area contributed by atoms with Gasteiger partial charge >= 0.3 is 6.03 Å². The molecule has 1 aliphatic carbocycles. The molecule has 7 heteroatoms. The van der Waals surface area contributed by atoms with E-state index in [4.69, 9.17) is 4.74 Å². The van der Waals surface area contributed by atoms with Gasteiger partial charge in [0.1, 0.15) is 18.5 Å². The summed E-state index contributed by atoms with van der Waals surface area (Å²) in [6, 6.07) is 0.329. The van der Waals surface area contributed by atoms with Crippen LogP contribution in [0.2, 0.25) is 0 Å². The van der Waals surface area contributed by atoms with Crippen molar-refractivity contribution in [3.63, 3.8) is 0 Å². The number of amides is 2. The van der Waals surface area contributed by atoms with Crippen LogP contribution in [-0.2, 0) is 4.74 Å². The molecule has 2 heterocycles. The highest BCUT2D eigenvalue weighted by atomic mass is 16.5. The minimum atomic E-state index is -0.380. The molecule has 7 nitrogen and oxygen atoms in total. The average Bonchev–Trinajstić information content (AvgIpc) is 3.17. The molecule has 2 atom stereocenters. The molecule has 0 bridgehead atoms. The quantitative estimate of drug-likeness (QED) is 0.764. The second-order valence-corrected chi connectivity index (χ2v) is 5.59. The fourth-order valence-electron chi connectivity index (χ4n) is 2.17. The molecule has 3 aliphatic rings. The predicted molar refractivity (Wildman–Crippen MR) is 83.7 cm³/mol. The Bertz CT molecular complexity index is 460. The summed E-state index contributed by atoms with van der Waals surface area (Å²) in [7, 11) is 0. The lowest BCUT2D eigenvalue weighted by molar-refractivity contribution is 0.0421. The summed E-state index contributed by atoms with van der Waals surface area (Å²) in [5, 5.41) is 8.95. The van der Waals surface area contributed by atoms with E-state index in [0.29, 0.717) is 18.2 Å². The number of rotatable bonds is 5. The first kappa shape index (κ1) is 16.5. The summed E-state index contributed by atoms with van der Waals surface area (Å²) in [5.41, 5.74) is 0. The van der Waals surface area contributed by atoms with Crippen molar-refractivity contribution >= 4 is 6.03 Å². The lowest BCUT2D eigenvalue weighted by atomic mass is 10.3. The second-order valence-electron chi connectivity index (χ2n) is 5.59. The van der Waals surface area contributed by atoms with Gasteiger partial charge in [-0.3, -0.25) is 10.2 Å². The first-order chi connectivity index (χ1) is 10.7. The normalized spacial score (nSPS) is 26.5. The molecule has 2 aliphatic heterocycles. The Morgan fingerprint density at radius 2 is 2.18 bits per heavy atom. The third-order valence-electron chi connectivity index (χ3n) is 3.31. The molecule has 1 fully saturated rings. The van der Waals surface area contributed by atoms with Crippen LogP contribution >= 0.6 is 0 Å². The Morgan fingerprint density at radius 3 is 2.77 bits per heavy atom. The van der Waals surface area contributed by atoms with Gasteiger partial charge in [0, 0.05) is 18.7 Å². The molecule has 0 radical (unpaired) electrons. The smallest absolute Gasteiger partial charge is 0.325 e. The van der Waals surface area contributed by atoms with E-state index in [1.165, 1.54) is 24.2 Å².